The van der Waals surface area contributed by atoms with E-state index < -0.39 is 6.10 Å². The highest BCUT2D eigenvalue weighted by molar-refractivity contribution is 5.70. The van der Waals surface area contributed by atoms with Gasteiger partial charge in [-0.1, -0.05) is 219 Å². The van der Waals surface area contributed by atoms with Crippen molar-refractivity contribution in [1.29, 1.82) is 0 Å². The lowest BCUT2D eigenvalue weighted by atomic mass is 10.1. The Balaban J connectivity index is 4.41. The summed E-state index contributed by atoms with van der Waals surface area (Å²) in [5.74, 6) is -0.466. The maximum Gasteiger partial charge on any atom is 0.306 e. The molecule has 0 radical (unpaired) electrons. The normalized spacial score (nSPS) is 13.3. The molecule has 0 saturated heterocycles. The van der Waals surface area contributed by atoms with Gasteiger partial charge < -0.3 is 14.2 Å². The largest absolute Gasteiger partial charge is 0.462 e. The zero-order chi connectivity index (χ0) is 49.2. The highest BCUT2D eigenvalue weighted by atomic mass is 16.6. The second-order valence-corrected chi connectivity index (χ2v) is 17.7. The summed E-state index contributed by atoms with van der Waals surface area (Å²) in [6, 6.07) is 0. The molecule has 68 heavy (non-hydrogen) atoms. The average Bonchev–Trinajstić information content (AvgIpc) is 3.34. The van der Waals surface area contributed by atoms with E-state index in [1.807, 2.05) is 0 Å². The number of rotatable bonds is 49. The summed E-state index contributed by atoms with van der Waals surface area (Å²) < 4.78 is 17.4. The van der Waals surface area contributed by atoms with Gasteiger partial charge in [-0.3, -0.25) is 9.59 Å². The molecule has 0 aliphatic rings. The molecule has 0 aromatic heterocycles. The summed E-state index contributed by atoms with van der Waals surface area (Å²) in [6.07, 6.45) is 81.9. The molecule has 0 aliphatic heterocycles. The van der Waals surface area contributed by atoms with Crippen LogP contribution in [0.15, 0.2) is 134 Å². The second kappa shape index (κ2) is 57.4. The Morgan fingerprint density at radius 2 is 0.662 bits per heavy atom. The smallest absolute Gasteiger partial charge is 0.306 e. The van der Waals surface area contributed by atoms with E-state index in [9.17, 15) is 9.59 Å². The molecule has 0 aromatic carbocycles. The highest BCUT2D eigenvalue weighted by Gasteiger charge is 2.17. The van der Waals surface area contributed by atoms with Crippen LogP contribution in [-0.2, 0) is 23.8 Å². The Bertz CT molecular complexity index is 1430. The molecular weight excluding hydrogens is 837 g/mol. The first-order valence-corrected chi connectivity index (χ1v) is 27.7. The molecule has 0 aliphatic carbocycles. The summed E-state index contributed by atoms with van der Waals surface area (Å²) in [5.41, 5.74) is 0. The van der Waals surface area contributed by atoms with Crippen molar-refractivity contribution in [3.63, 3.8) is 0 Å². The number of ether oxygens (including phenoxy) is 3. The van der Waals surface area contributed by atoms with E-state index >= 15 is 0 Å². The van der Waals surface area contributed by atoms with Gasteiger partial charge in [0.1, 0.15) is 6.61 Å². The molecule has 1 unspecified atom stereocenters. The number of carbonyl (C=O) groups is 2. The topological polar surface area (TPSA) is 61.8 Å². The SMILES string of the molecule is CC/C=C\C/C=C\C/C=C\C/C=C\CCCCCCCCC(=O)OCC(COCCC/C=C\C/C=C\C/C=C\C/C=C\CC)OC(=O)CCCCCCCC/C=C\C/C=C\C/C=C\CCCCC. The van der Waals surface area contributed by atoms with Gasteiger partial charge in [-0.05, 0) is 128 Å². The fraction of sp³-hybridized carbons (Fsp3) is 0.619. The van der Waals surface area contributed by atoms with Crippen LogP contribution in [0.5, 0.6) is 0 Å². The van der Waals surface area contributed by atoms with Gasteiger partial charge in [0.2, 0.25) is 0 Å². The first-order valence-electron chi connectivity index (χ1n) is 27.7. The van der Waals surface area contributed by atoms with Crippen LogP contribution in [0.25, 0.3) is 0 Å². The molecule has 0 fully saturated rings. The fourth-order valence-electron chi connectivity index (χ4n) is 7.10. The summed E-state index contributed by atoms with van der Waals surface area (Å²) in [5, 5.41) is 0. The number of esters is 2. The van der Waals surface area contributed by atoms with Crippen molar-refractivity contribution < 1.29 is 23.8 Å². The van der Waals surface area contributed by atoms with Crippen LogP contribution < -0.4 is 0 Å². The lowest BCUT2D eigenvalue weighted by Gasteiger charge is -2.18. The van der Waals surface area contributed by atoms with Gasteiger partial charge in [-0.15, -0.1) is 0 Å². The lowest BCUT2D eigenvalue weighted by molar-refractivity contribution is -0.163. The fourth-order valence-corrected chi connectivity index (χ4v) is 7.10. The van der Waals surface area contributed by atoms with Crippen LogP contribution in [-0.4, -0.2) is 37.9 Å². The number of hydrogen-bond acceptors (Lipinski definition) is 5. The van der Waals surface area contributed by atoms with Crippen LogP contribution >= 0.6 is 0 Å². The molecule has 5 heteroatoms. The zero-order valence-electron chi connectivity index (χ0n) is 44.1. The van der Waals surface area contributed by atoms with Crippen molar-refractivity contribution in [3.8, 4) is 0 Å². The minimum atomic E-state index is -0.588. The summed E-state index contributed by atoms with van der Waals surface area (Å²) in [6.45, 7) is 7.40. The summed E-state index contributed by atoms with van der Waals surface area (Å²) in [4.78, 5) is 25.5. The van der Waals surface area contributed by atoms with Gasteiger partial charge in [0.15, 0.2) is 6.10 Å². The van der Waals surface area contributed by atoms with E-state index in [0.29, 0.717) is 19.4 Å². The monoisotopic (exact) mass is 939 g/mol. The number of hydrogen-bond donors (Lipinski definition) is 0. The van der Waals surface area contributed by atoms with Crippen LogP contribution in [0.4, 0.5) is 0 Å². The van der Waals surface area contributed by atoms with E-state index in [1.54, 1.807) is 0 Å². The number of carbonyl (C=O) groups excluding carboxylic acids is 2. The predicted octanol–water partition coefficient (Wildman–Crippen LogP) is 19.1. The molecule has 1 atom stereocenters. The van der Waals surface area contributed by atoms with Gasteiger partial charge in [0.05, 0.1) is 6.61 Å². The van der Waals surface area contributed by atoms with Crippen molar-refractivity contribution in [3.05, 3.63) is 134 Å². The van der Waals surface area contributed by atoms with Crippen molar-refractivity contribution in [2.24, 2.45) is 0 Å². The molecule has 0 N–H and O–H groups in total. The second-order valence-electron chi connectivity index (χ2n) is 17.7. The standard InChI is InChI=1S/C63H102O5/c1-4-7-10-13-16-19-22-25-28-30-32-34-36-38-41-44-47-50-53-56-62(64)67-60-61(59-66-58-55-52-49-46-43-40-27-24-21-18-15-12-9-6-3)68-63(65)57-54-51-48-45-42-39-37-35-33-31-29-26-23-20-17-14-11-8-5-2/h7,9-10,12,16-21,25-29,32-35,40,46,49,61H,4-6,8,11,13-15,22-24,30-31,36-39,41-45,47-48,50-60H2,1-3H3/b10-7-,12-9-,19-16-,20-17-,21-18-,28-25-,29-26-,34-32-,35-33-,40-27-,49-46-. The van der Waals surface area contributed by atoms with E-state index in [2.05, 4.69) is 154 Å². The van der Waals surface area contributed by atoms with E-state index in [0.717, 1.165) is 128 Å². The van der Waals surface area contributed by atoms with Gasteiger partial charge >= 0.3 is 11.9 Å². The highest BCUT2D eigenvalue weighted by Crippen LogP contribution is 2.13. The van der Waals surface area contributed by atoms with Gasteiger partial charge in [-0.2, -0.15) is 0 Å². The minimum Gasteiger partial charge on any atom is -0.462 e. The maximum atomic E-state index is 12.8. The van der Waals surface area contributed by atoms with Crippen molar-refractivity contribution in [1.82, 2.24) is 0 Å². The quantitative estimate of drug-likeness (QED) is 0.0345. The van der Waals surface area contributed by atoms with Gasteiger partial charge in [0.25, 0.3) is 0 Å². The summed E-state index contributed by atoms with van der Waals surface area (Å²) in [7, 11) is 0. The molecule has 0 bridgehead atoms. The Labute approximate surface area is 419 Å². The Hall–Kier alpha value is -3.96. The molecule has 384 valence electrons. The first kappa shape index (κ1) is 64.0. The third-order valence-corrected chi connectivity index (χ3v) is 11.2. The first-order chi connectivity index (χ1) is 33.6. The van der Waals surface area contributed by atoms with E-state index in [1.165, 1.54) is 64.2 Å². The van der Waals surface area contributed by atoms with Gasteiger partial charge in [-0.25, -0.2) is 0 Å². The van der Waals surface area contributed by atoms with Crippen LogP contribution in [0.2, 0.25) is 0 Å². The van der Waals surface area contributed by atoms with Crippen LogP contribution in [0, 0.1) is 0 Å². The molecule has 0 rings (SSSR count). The van der Waals surface area contributed by atoms with Crippen LogP contribution in [0.1, 0.15) is 226 Å². The Morgan fingerprint density at radius 1 is 0.338 bits per heavy atom. The third-order valence-electron chi connectivity index (χ3n) is 11.2. The molecule has 0 saturated carbocycles. The molecule has 0 heterocycles. The third kappa shape index (κ3) is 54.6. The summed E-state index contributed by atoms with van der Waals surface area (Å²) >= 11 is 0. The van der Waals surface area contributed by atoms with E-state index in [4.69, 9.17) is 14.2 Å². The number of allylic oxidation sites excluding steroid dienone is 22. The van der Waals surface area contributed by atoms with Crippen LogP contribution in [0.3, 0.4) is 0 Å². The predicted molar refractivity (Wildman–Crippen MR) is 297 cm³/mol. The molecule has 0 spiro atoms. The molecule has 0 amide bonds. The molecule has 0 aromatic rings. The van der Waals surface area contributed by atoms with Crippen molar-refractivity contribution in [2.45, 2.75) is 232 Å². The van der Waals surface area contributed by atoms with E-state index in [-0.39, 0.29) is 25.2 Å². The zero-order valence-corrected chi connectivity index (χ0v) is 44.1. The molecular formula is C63H102O5. The van der Waals surface area contributed by atoms with Crippen molar-refractivity contribution in [2.75, 3.05) is 19.8 Å². The Morgan fingerprint density at radius 3 is 1.06 bits per heavy atom. The Kier molecular flexibility index (Phi) is 54.0. The lowest BCUT2D eigenvalue weighted by Crippen LogP contribution is -2.30. The van der Waals surface area contributed by atoms with Gasteiger partial charge in [0, 0.05) is 19.4 Å². The maximum absolute atomic E-state index is 12.8. The molecule has 5 nitrogen and oxygen atoms in total. The minimum absolute atomic E-state index is 0.0417. The number of unbranched alkanes of at least 4 members (excludes halogenated alkanes) is 16. The van der Waals surface area contributed by atoms with Crippen molar-refractivity contribution >= 4 is 11.9 Å². The average molecular weight is 940 g/mol.